The van der Waals surface area contributed by atoms with Crippen molar-refractivity contribution in [3.05, 3.63) is 0 Å². The summed E-state index contributed by atoms with van der Waals surface area (Å²) in [5, 5.41) is 5.51. The van der Waals surface area contributed by atoms with Gasteiger partial charge in [-0.25, -0.2) is 0 Å². The van der Waals surface area contributed by atoms with E-state index in [2.05, 4.69) is 0 Å². The van der Waals surface area contributed by atoms with Crippen molar-refractivity contribution in [2.45, 2.75) is 11.5 Å². The lowest BCUT2D eigenvalue weighted by molar-refractivity contribution is 0.125. The quantitative estimate of drug-likeness (QED) is 0.367. The summed E-state index contributed by atoms with van der Waals surface area (Å²) < 4.78 is 21.1. The molecule has 2 radical (unpaired) electrons. The second-order valence-corrected chi connectivity index (χ2v) is 6.34. The maximum absolute atomic E-state index is 10.5. The number of aliphatic hydroxyl groups is 1. The van der Waals surface area contributed by atoms with Gasteiger partial charge in [-0.05, 0) is 0 Å². The minimum absolute atomic E-state index is 0.952. The van der Waals surface area contributed by atoms with Crippen molar-refractivity contribution in [3.8, 4) is 0 Å². The zero-order chi connectivity index (χ0) is 10.9. The van der Waals surface area contributed by atoms with Crippen LogP contribution < -0.4 is 5.73 Å². The van der Waals surface area contributed by atoms with E-state index in [4.69, 9.17) is 30.4 Å². The van der Waals surface area contributed by atoms with Gasteiger partial charge in [0.15, 0.2) is 0 Å². The molecule has 0 spiro atoms. The van der Waals surface area contributed by atoms with Crippen molar-refractivity contribution in [1.29, 1.82) is 0 Å². The molecule has 0 aliphatic heterocycles. The molecular formula is C3H9NO7P2. The number of hydrogen-bond acceptors (Lipinski definition) is 3. The fourth-order valence-corrected chi connectivity index (χ4v) is 2.75. The van der Waals surface area contributed by atoms with Crippen LogP contribution in [0.4, 0.5) is 0 Å². The molecule has 0 aliphatic rings. The normalized spacial score (nSPS) is 14.6. The van der Waals surface area contributed by atoms with E-state index in [1.165, 1.54) is 0 Å². The SMILES string of the molecule is [N]CCC(O)(P(=O)(O)O)P(=O)(O)O. The minimum Gasteiger partial charge on any atom is -0.367 e. The lowest BCUT2D eigenvalue weighted by Gasteiger charge is -2.28. The molecule has 10 heteroatoms. The van der Waals surface area contributed by atoms with Crippen LogP contribution in [0.2, 0.25) is 0 Å². The molecule has 0 atom stereocenters. The monoisotopic (exact) mass is 233 g/mol. The molecule has 0 unspecified atom stereocenters. The topological polar surface area (TPSA) is 158 Å². The van der Waals surface area contributed by atoms with Gasteiger partial charge in [-0.3, -0.25) is 9.13 Å². The first-order valence-corrected chi connectivity index (χ1v) is 6.23. The molecule has 0 aromatic carbocycles. The van der Waals surface area contributed by atoms with Crippen LogP contribution in [-0.2, 0) is 9.13 Å². The largest absolute Gasteiger partial charge is 0.369 e. The molecule has 13 heavy (non-hydrogen) atoms. The van der Waals surface area contributed by atoms with Crippen molar-refractivity contribution < 1.29 is 33.8 Å². The second-order valence-electron chi connectivity index (χ2n) is 2.34. The highest BCUT2D eigenvalue weighted by Crippen LogP contribution is 2.68. The van der Waals surface area contributed by atoms with Crippen LogP contribution in [0.25, 0.3) is 0 Å². The van der Waals surface area contributed by atoms with E-state index in [1.807, 2.05) is 0 Å². The maximum Gasteiger partial charge on any atom is 0.369 e. The van der Waals surface area contributed by atoms with Crippen molar-refractivity contribution in [3.63, 3.8) is 0 Å². The van der Waals surface area contributed by atoms with Crippen molar-refractivity contribution in [2.24, 2.45) is 0 Å². The Morgan fingerprint density at radius 1 is 1.08 bits per heavy atom. The number of nitrogens with zero attached hydrogens (tertiary/aromatic N) is 1. The first-order valence-electron chi connectivity index (χ1n) is 3.01. The Bertz CT molecular complexity index is 243. The highest BCUT2D eigenvalue weighted by atomic mass is 31.2. The minimum atomic E-state index is -5.39. The highest BCUT2D eigenvalue weighted by Gasteiger charge is 2.58. The van der Waals surface area contributed by atoms with Gasteiger partial charge in [0.1, 0.15) is 0 Å². The van der Waals surface area contributed by atoms with Gasteiger partial charge in [-0.1, -0.05) is 0 Å². The summed E-state index contributed by atoms with van der Waals surface area (Å²) in [6, 6.07) is 0. The maximum atomic E-state index is 10.5. The van der Waals surface area contributed by atoms with Crippen LogP contribution in [0.5, 0.6) is 0 Å². The third-order valence-electron chi connectivity index (χ3n) is 1.38. The average Bonchev–Trinajstić information content (AvgIpc) is 1.82. The van der Waals surface area contributed by atoms with E-state index >= 15 is 0 Å². The third-order valence-corrected chi connectivity index (χ3v) is 5.26. The van der Waals surface area contributed by atoms with Crippen LogP contribution in [0.1, 0.15) is 6.42 Å². The summed E-state index contributed by atoms with van der Waals surface area (Å²) in [7, 11) is -10.8. The fourth-order valence-electron chi connectivity index (χ4n) is 0.611. The summed E-state index contributed by atoms with van der Waals surface area (Å²) in [6.07, 6.45) is -1.10. The third kappa shape index (κ3) is 2.59. The summed E-state index contributed by atoms with van der Waals surface area (Å²) in [6.45, 7) is -0.952. The van der Waals surface area contributed by atoms with E-state index in [9.17, 15) is 9.13 Å². The molecule has 8 nitrogen and oxygen atoms in total. The summed E-state index contributed by atoms with van der Waals surface area (Å²) in [4.78, 5) is 33.8. The van der Waals surface area contributed by atoms with Crippen LogP contribution in [0.15, 0.2) is 0 Å². The molecule has 0 aromatic rings. The van der Waals surface area contributed by atoms with Crippen LogP contribution >= 0.6 is 15.2 Å². The number of hydrogen-bond donors (Lipinski definition) is 5. The smallest absolute Gasteiger partial charge is 0.367 e. The van der Waals surface area contributed by atoms with Gasteiger partial charge in [-0.15, -0.1) is 5.73 Å². The lowest BCUT2D eigenvalue weighted by Crippen LogP contribution is -2.30. The van der Waals surface area contributed by atoms with Crippen LogP contribution in [0, 0.1) is 0 Å². The average molecular weight is 233 g/mol. The van der Waals surface area contributed by atoms with Gasteiger partial charge in [-0.2, -0.15) is 0 Å². The first-order chi connectivity index (χ1) is 5.56. The molecule has 78 valence electrons. The number of rotatable bonds is 4. The molecule has 0 saturated heterocycles. The Hall–Kier alpha value is 0.220. The summed E-state index contributed by atoms with van der Waals surface area (Å²) in [5.41, 5.74) is 8.28. The lowest BCUT2D eigenvalue weighted by atomic mass is 10.5. The molecule has 0 rings (SSSR count). The Kier molecular flexibility index (Phi) is 3.83. The van der Waals surface area contributed by atoms with Crippen LogP contribution in [-0.4, -0.2) is 36.3 Å². The van der Waals surface area contributed by atoms with Gasteiger partial charge in [0, 0.05) is 13.0 Å². The molecule has 0 aromatic heterocycles. The van der Waals surface area contributed by atoms with E-state index in [1.54, 1.807) is 0 Å². The molecule has 0 bridgehead atoms. The molecular weight excluding hydrogens is 224 g/mol. The predicted molar refractivity (Wildman–Crippen MR) is 40.7 cm³/mol. The fraction of sp³-hybridized carbons (Fsp3) is 1.00. The Balaban J connectivity index is 5.22. The van der Waals surface area contributed by atoms with E-state index in [0.717, 1.165) is 0 Å². The molecule has 0 amide bonds. The summed E-state index contributed by atoms with van der Waals surface area (Å²) in [5.74, 6) is 0. The van der Waals surface area contributed by atoms with Gasteiger partial charge < -0.3 is 24.7 Å². The summed E-state index contributed by atoms with van der Waals surface area (Å²) >= 11 is 0. The van der Waals surface area contributed by atoms with Crippen molar-refractivity contribution in [1.82, 2.24) is 5.73 Å². The van der Waals surface area contributed by atoms with Gasteiger partial charge in [0.05, 0.1) is 0 Å². The van der Waals surface area contributed by atoms with Gasteiger partial charge in [0.25, 0.3) is 5.08 Å². The predicted octanol–water partition coefficient (Wildman–Crippen LogP) is -1.55. The van der Waals surface area contributed by atoms with E-state index in [-0.39, 0.29) is 0 Å². The second kappa shape index (κ2) is 3.76. The van der Waals surface area contributed by atoms with E-state index in [0.29, 0.717) is 0 Å². The molecule has 0 fully saturated rings. The first kappa shape index (κ1) is 13.2. The van der Waals surface area contributed by atoms with Gasteiger partial charge >= 0.3 is 15.2 Å². The molecule has 0 aliphatic carbocycles. The standard InChI is InChI=1S/C3H9NO7P2/c4-2-1-3(5,12(6,7)8)13(9,10)11/h5H,1-2H2,(H2,6,7,8)(H2,9,10,11). The van der Waals surface area contributed by atoms with Crippen LogP contribution in [0.3, 0.4) is 0 Å². The Morgan fingerprint density at radius 2 is 1.38 bits per heavy atom. The van der Waals surface area contributed by atoms with Crippen molar-refractivity contribution in [2.75, 3.05) is 6.54 Å². The van der Waals surface area contributed by atoms with Gasteiger partial charge in [0.2, 0.25) is 0 Å². The highest BCUT2D eigenvalue weighted by molar-refractivity contribution is 7.72. The molecule has 0 heterocycles. The Labute approximate surface area is 73.7 Å². The van der Waals surface area contributed by atoms with E-state index < -0.39 is 33.2 Å². The zero-order valence-electron chi connectivity index (χ0n) is 6.31. The Morgan fingerprint density at radius 3 is 1.46 bits per heavy atom. The molecule has 5 N–H and O–H groups in total. The molecule has 0 saturated carbocycles. The van der Waals surface area contributed by atoms with Crippen molar-refractivity contribution >= 4 is 15.2 Å². The zero-order valence-corrected chi connectivity index (χ0v) is 8.10.